The Labute approximate surface area is 220 Å². The van der Waals surface area contributed by atoms with Gasteiger partial charge in [0.05, 0.1) is 17.4 Å². The third-order valence-corrected chi connectivity index (χ3v) is 5.86. The summed E-state index contributed by atoms with van der Waals surface area (Å²) in [6.45, 7) is 4.67. The number of piperidine rings is 1. The van der Waals surface area contributed by atoms with E-state index in [0.717, 1.165) is 10.5 Å². The number of benzene rings is 1. The topological polar surface area (TPSA) is 108 Å². The molecule has 37 heavy (non-hydrogen) atoms. The van der Waals surface area contributed by atoms with E-state index in [-0.39, 0.29) is 23.1 Å². The number of aliphatic hydroxyl groups is 1. The highest BCUT2D eigenvalue weighted by Gasteiger charge is 2.34. The molecular weight excluding hydrogens is 501 g/mol. The van der Waals surface area contributed by atoms with Crippen LogP contribution in [0.1, 0.15) is 53.2 Å². The van der Waals surface area contributed by atoms with E-state index in [9.17, 15) is 23.9 Å². The first-order valence-electron chi connectivity index (χ1n) is 11.9. The maximum Gasteiger partial charge on any atom is 0.297 e. The molecule has 1 saturated heterocycles. The van der Waals surface area contributed by atoms with Crippen LogP contribution in [0.3, 0.4) is 0 Å². The van der Waals surface area contributed by atoms with Crippen LogP contribution < -0.4 is 0 Å². The van der Waals surface area contributed by atoms with Gasteiger partial charge < -0.3 is 14.9 Å². The van der Waals surface area contributed by atoms with Crippen LogP contribution in [0.5, 0.6) is 0 Å². The Morgan fingerprint density at radius 2 is 1.65 bits per heavy atom. The number of hydrogen-bond acceptors (Lipinski definition) is 6. The minimum atomic E-state index is -0.979. The second-order valence-corrected chi connectivity index (χ2v) is 8.50. The number of alkyl halides is 1. The fourth-order valence-corrected chi connectivity index (χ4v) is 3.93. The van der Waals surface area contributed by atoms with E-state index in [1.165, 1.54) is 55.6 Å². The molecule has 0 saturated carbocycles. The monoisotopic (exact) mass is 533 g/mol. The highest BCUT2D eigenvalue weighted by molar-refractivity contribution is 6.41. The van der Waals surface area contributed by atoms with Gasteiger partial charge in [0, 0.05) is 52.4 Å². The summed E-state index contributed by atoms with van der Waals surface area (Å²) in [6, 6.07) is 6.02. The van der Waals surface area contributed by atoms with Gasteiger partial charge >= 0.3 is 0 Å². The number of likely N-dealkylation sites (N-methyl/N-ethyl adjacent to an activating group) is 1. The van der Waals surface area contributed by atoms with Gasteiger partial charge in [0.15, 0.2) is 11.5 Å². The molecule has 9 nitrogen and oxygen atoms in total. The molecule has 2 amide bonds. The number of Topliss-reactive ketones (excluding diaryl/α,β-unsaturated/α-hetero) is 1. The lowest BCUT2D eigenvalue weighted by Gasteiger charge is -2.38. The first-order chi connectivity index (χ1) is 17.7. The predicted molar refractivity (Wildman–Crippen MR) is 139 cm³/mol. The van der Waals surface area contributed by atoms with Crippen molar-refractivity contribution < 1.29 is 23.9 Å². The van der Waals surface area contributed by atoms with Gasteiger partial charge in [-0.25, -0.2) is 14.4 Å². The fraction of sp³-hybridized carbons (Fsp3) is 0.423. The quantitative estimate of drug-likeness (QED) is 0.306. The van der Waals surface area contributed by atoms with Crippen molar-refractivity contribution in [2.24, 2.45) is 0 Å². The number of hydrogen-bond donors (Lipinski definition) is 1. The predicted octanol–water partition coefficient (Wildman–Crippen LogP) is 3.23. The molecule has 0 unspecified atom stereocenters. The van der Waals surface area contributed by atoms with Crippen molar-refractivity contribution in [3.63, 3.8) is 0 Å². The molecule has 11 heteroatoms. The van der Waals surface area contributed by atoms with Gasteiger partial charge in [-0.15, -0.1) is 11.6 Å². The number of amides is 2. The van der Waals surface area contributed by atoms with Crippen molar-refractivity contribution in [1.82, 2.24) is 24.2 Å². The fourth-order valence-electron chi connectivity index (χ4n) is 3.93. The SMILES string of the molecule is CC.CCl.CN(C)C(=O)C(=O)c1ncc2ncc(C(=O)N3CCC(O)(Cc4ccc(F)cc4)CC3)cn12. The first kappa shape index (κ1) is 29.9. The van der Waals surface area contributed by atoms with Crippen molar-refractivity contribution in [1.29, 1.82) is 0 Å². The van der Waals surface area contributed by atoms with Gasteiger partial charge in [0.1, 0.15) is 5.82 Å². The summed E-state index contributed by atoms with van der Waals surface area (Å²) in [5, 5.41) is 10.9. The van der Waals surface area contributed by atoms with Gasteiger partial charge in [-0.2, -0.15) is 0 Å². The smallest absolute Gasteiger partial charge is 0.297 e. The van der Waals surface area contributed by atoms with Crippen LogP contribution in [-0.4, -0.2) is 86.0 Å². The normalized spacial score (nSPS) is 14.1. The molecule has 1 aromatic carbocycles. The second-order valence-electron chi connectivity index (χ2n) is 8.50. The summed E-state index contributed by atoms with van der Waals surface area (Å²) >= 11 is 4.64. The van der Waals surface area contributed by atoms with Gasteiger partial charge in [-0.3, -0.25) is 18.8 Å². The molecule has 0 spiro atoms. The largest absolute Gasteiger partial charge is 0.389 e. The van der Waals surface area contributed by atoms with Crippen molar-refractivity contribution in [2.45, 2.75) is 38.7 Å². The van der Waals surface area contributed by atoms with E-state index >= 15 is 0 Å². The van der Waals surface area contributed by atoms with E-state index in [0.29, 0.717) is 38.0 Å². The van der Waals surface area contributed by atoms with E-state index in [1.807, 2.05) is 13.8 Å². The highest BCUT2D eigenvalue weighted by atomic mass is 35.5. The Kier molecular flexibility index (Phi) is 10.7. The maximum absolute atomic E-state index is 13.1. The van der Waals surface area contributed by atoms with E-state index in [1.54, 1.807) is 17.0 Å². The molecule has 0 atom stereocenters. The third kappa shape index (κ3) is 7.11. The molecular formula is C26H33ClFN5O4. The minimum Gasteiger partial charge on any atom is -0.389 e. The average Bonchev–Trinajstić information content (AvgIpc) is 3.34. The number of imidazole rings is 1. The summed E-state index contributed by atoms with van der Waals surface area (Å²) in [4.78, 5) is 48.5. The van der Waals surface area contributed by atoms with Crippen LogP contribution in [0.15, 0.2) is 42.9 Å². The number of rotatable bonds is 5. The van der Waals surface area contributed by atoms with Crippen LogP contribution >= 0.6 is 11.6 Å². The van der Waals surface area contributed by atoms with Crippen LogP contribution in [0.25, 0.3) is 5.65 Å². The molecule has 1 aliphatic rings. The van der Waals surface area contributed by atoms with Crippen molar-refractivity contribution in [2.75, 3.05) is 33.6 Å². The number of likely N-dealkylation sites (tertiary alicyclic amines) is 1. The number of ketones is 1. The van der Waals surface area contributed by atoms with E-state index < -0.39 is 17.3 Å². The van der Waals surface area contributed by atoms with Crippen LogP contribution in [0.2, 0.25) is 0 Å². The van der Waals surface area contributed by atoms with Crippen LogP contribution in [-0.2, 0) is 11.2 Å². The molecule has 0 aliphatic carbocycles. The summed E-state index contributed by atoms with van der Waals surface area (Å²) in [5.74, 6) is -2.26. The molecule has 1 fully saturated rings. The van der Waals surface area contributed by atoms with Gasteiger partial charge in [0.2, 0.25) is 0 Å². The molecule has 1 N–H and O–H groups in total. The summed E-state index contributed by atoms with van der Waals surface area (Å²) in [6.07, 6.45) is 6.81. The molecule has 3 heterocycles. The van der Waals surface area contributed by atoms with E-state index in [2.05, 4.69) is 21.6 Å². The summed E-state index contributed by atoms with van der Waals surface area (Å²) < 4.78 is 14.5. The Balaban J connectivity index is 0.00000115. The van der Waals surface area contributed by atoms with Gasteiger partial charge in [0.25, 0.3) is 17.6 Å². The van der Waals surface area contributed by atoms with Crippen LogP contribution in [0.4, 0.5) is 4.39 Å². The zero-order valence-corrected chi connectivity index (χ0v) is 22.5. The standard InChI is InChI=1S/C23H24FN5O4.C2H6.CH3Cl/c1-27(2)22(32)19(30)20-26-13-18-25-12-16(14-29(18)20)21(31)28-9-7-23(33,8-10-28)11-15-3-5-17(24)6-4-15;2*1-2/h3-6,12-14,33H,7-11H2,1-2H3;1-2H3;1H3. The lowest BCUT2D eigenvalue weighted by molar-refractivity contribution is -0.124. The van der Waals surface area contributed by atoms with Gasteiger partial charge in [-0.1, -0.05) is 26.0 Å². The minimum absolute atomic E-state index is 0.113. The highest BCUT2D eigenvalue weighted by Crippen LogP contribution is 2.27. The van der Waals surface area contributed by atoms with Crippen LogP contribution in [0, 0.1) is 5.82 Å². The maximum atomic E-state index is 13.1. The third-order valence-electron chi connectivity index (χ3n) is 5.86. The van der Waals surface area contributed by atoms with Crippen molar-refractivity contribution >= 4 is 34.8 Å². The molecule has 200 valence electrons. The zero-order valence-electron chi connectivity index (χ0n) is 21.7. The van der Waals surface area contributed by atoms with Gasteiger partial charge in [-0.05, 0) is 30.5 Å². The Morgan fingerprint density at radius 3 is 2.22 bits per heavy atom. The molecule has 0 bridgehead atoms. The molecule has 2 aromatic heterocycles. The number of carbonyl (C=O) groups excluding carboxylic acids is 3. The number of nitrogens with zero attached hydrogens (tertiary/aromatic N) is 5. The Bertz CT molecular complexity index is 1220. The van der Waals surface area contributed by atoms with Crippen molar-refractivity contribution in [3.8, 4) is 0 Å². The zero-order chi connectivity index (χ0) is 27.8. The van der Waals surface area contributed by atoms with E-state index in [4.69, 9.17) is 0 Å². The lowest BCUT2D eigenvalue weighted by atomic mass is 9.85. The Morgan fingerprint density at radius 1 is 1.05 bits per heavy atom. The second kappa shape index (κ2) is 13.3. The molecule has 1 aliphatic heterocycles. The Hall–Kier alpha value is -3.37. The molecule has 0 radical (unpaired) electrons. The average molecular weight is 534 g/mol. The number of aromatic nitrogens is 3. The van der Waals surface area contributed by atoms with Crippen molar-refractivity contribution in [3.05, 3.63) is 65.6 Å². The number of carbonyl (C=O) groups is 3. The first-order valence-corrected chi connectivity index (χ1v) is 12.7. The summed E-state index contributed by atoms with van der Waals surface area (Å²) in [5.41, 5.74) is 0.440. The summed E-state index contributed by atoms with van der Waals surface area (Å²) in [7, 11) is 2.94. The lowest BCUT2D eigenvalue weighted by Crippen LogP contribution is -2.47. The number of halogens is 2. The molecule has 4 rings (SSSR count). The number of fused-ring (bicyclic) bond motifs is 1. The molecule has 3 aromatic rings.